The van der Waals surface area contributed by atoms with Crippen molar-refractivity contribution in [3.05, 3.63) is 29.8 Å². The fourth-order valence-electron chi connectivity index (χ4n) is 1.54. The molecule has 0 aliphatic heterocycles. The van der Waals surface area contributed by atoms with Crippen LogP contribution in [0.2, 0.25) is 0 Å². The van der Waals surface area contributed by atoms with Crippen LogP contribution in [0.3, 0.4) is 0 Å². The first-order valence-electron chi connectivity index (χ1n) is 5.31. The number of nitrogens with two attached hydrogens (primary N) is 1. The number of hydrogen-bond acceptors (Lipinski definition) is 3. The molecule has 1 unspecified atom stereocenters. The van der Waals surface area contributed by atoms with Gasteiger partial charge >= 0.3 is 0 Å². The van der Waals surface area contributed by atoms with Crippen molar-refractivity contribution in [3.8, 4) is 0 Å². The molecule has 1 aromatic rings. The molecular weight excluding hydrogens is 280 g/mol. The van der Waals surface area contributed by atoms with Gasteiger partial charge in [0.05, 0.1) is 11.8 Å². The predicted molar refractivity (Wildman–Crippen MR) is 71.7 cm³/mol. The van der Waals surface area contributed by atoms with E-state index in [-0.39, 0.29) is 42.3 Å². The van der Waals surface area contributed by atoms with E-state index in [4.69, 9.17) is 5.73 Å². The summed E-state index contributed by atoms with van der Waals surface area (Å²) in [5.41, 5.74) is 6.06. The number of hydrogen-bond donors (Lipinski definition) is 2. The highest BCUT2D eigenvalue weighted by Gasteiger charge is 2.28. The first-order valence-corrected chi connectivity index (χ1v) is 5.31. The minimum Gasteiger partial charge on any atom is -0.350 e. The highest BCUT2D eigenvalue weighted by molar-refractivity contribution is 5.93. The largest absolute Gasteiger partial charge is 0.350 e. The van der Waals surface area contributed by atoms with Crippen molar-refractivity contribution in [2.45, 2.75) is 18.9 Å². The number of carbonyl (C=O) groups excluding carboxylic acids is 1. The molecule has 0 spiro atoms. The predicted octanol–water partition coefficient (Wildman–Crippen LogP) is 1.53. The third kappa shape index (κ3) is 4.76. The van der Waals surface area contributed by atoms with Gasteiger partial charge in [0.2, 0.25) is 0 Å². The fourth-order valence-corrected chi connectivity index (χ4v) is 1.54. The van der Waals surface area contributed by atoms with Gasteiger partial charge in [0.15, 0.2) is 0 Å². The van der Waals surface area contributed by atoms with Gasteiger partial charge in [-0.25, -0.2) is 4.39 Å². The summed E-state index contributed by atoms with van der Waals surface area (Å²) in [5, 5.41) is 2.68. The molecular formula is C11H16Cl2FN3O. The molecule has 18 heavy (non-hydrogen) atoms. The van der Waals surface area contributed by atoms with Gasteiger partial charge in [0.25, 0.3) is 5.91 Å². The first kappa shape index (κ1) is 17.1. The lowest BCUT2D eigenvalue weighted by Gasteiger charge is -2.11. The zero-order valence-corrected chi connectivity index (χ0v) is 11.3. The van der Waals surface area contributed by atoms with E-state index < -0.39 is 5.82 Å². The van der Waals surface area contributed by atoms with E-state index in [2.05, 4.69) is 10.3 Å². The van der Waals surface area contributed by atoms with E-state index in [0.29, 0.717) is 12.5 Å². The molecule has 7 heteroatoms. The molecule has 1 amide bonds. The molecule has 1 aromatic heterocycles. The quantitative estimate of drug-likeness (QED) is 0.885. The SMILES string of the molecule is Cl.Cl.NC(CNC(=O)c1cncc(F)c1)C1CC1. The Kier molecular flexibility index (Phi) is 7.13. The van der Waals surface area contributed by atoms with Gasteiger partial charge in [-0.2, -0.15) is 0 Å². The fraction of sp³-hybridized carbons (Fsp3) is 0.455. The van der Waals surface area contributed by atoms with Gasteiger partial charge in [-0.05, 0) is 24.8 Å². The van der Waals surface area contributed by atoms with Crippen molar-refractivity contribution in [3.63, 3.8) is 0 Å². The Hall–Kier alpha value is -0.910. The number of nitrogens with one attached hydrogen (secondary N) is 1. The summed E-state index contributed by atoms with van der Waals surface area (Å²) in [6, 6.07) is 1.16. The first-order chi connectivity index (χ1) is 7.66. The maximum atomic E-state index is 12.8. The van der Waals surface area contributed by atoms with Gasteiger partial charge in [-0.1, -0.05) is 0 Å². The van der Waals surface area contributed by atoms with Crippen LogP contribution in [0.4, 0.5) is 4.39 Å². The Morgan fingerprint density at radius 3 is 2.72 bits per heavy atom. The topological polar surface area (TPSA) is 68.0 Å². The molecule has 102 valence electrons. The lowest BCUT2D eigenvalue weighted by atomic mass is 10.2. The summed E-state index contributed by atoms with van der Waals surface area (Å²) in [7, 11) is 0. The second kappa shape index (κ2) is 7.51. The van der Waals surface area contributed by atoms with Gasteiger partial charge in [-0.15, -0.1) is 24.8 Å². The van der Waals surface area contributed by atoms with Gasteiger partial charge < -0.3 is 11.1 Å². The van der Waals surface area contributed by atoms with Crippen molar-refractivity contribution in [1.82, 2.24) is 10.3 Å². The van der Waals surface area contributed by atoms with Gasteiger partial charge in [0.1, 0.15) is 5.82 Å². The van der Waals surface area contributed by atoms with Gasteiger partial charge in [-0.3, -0.25) is 9.78 Å². The molecule has 0 radical (unpaired) electrons. The molecule has 0 saturated heterocycles. The van der Waals surface area contributed by atoms with Crippen molar-refractivity contribution >= 4 is 30.7 Å². The number of halogens is 3. The van der Waals surface area contributed by atoms with Crippen LogP contribution >= 0.6 is 24.8 Å². The van der Waals surface area contributed by atoms with E-state index in [9.17, 15) is 9.18 Å². The van der Waals surface area contributed by atoms with E-state index >= 15 is 0 Å². The Morgan fingerprint density at radius 2 is 2.17 bits per heavy atom. The number of amides is 1. The normalized spacial score (nSPS) is 15.0. The number of aromatic nitrogens is 1. The molecule has 0 bridgehead atoms. The number of nitrogens with zero attached hydrogens (tertiary/aromatic N) is 1. The maximum Gasteiger partial charge on any atom is 0.253 e. The number of carbonyl (C=O) groups is 1. The molecule has 1 fully saturated rings. The third-order valence-electron chi connectivity index (χ3n) is 2.69. The Morgan fingerprint density at radius 1 is 1.50 bits per heavy atom. The Balaban J connectivity index is 0.00000144. The van der Waals surface area contributed by atoms with Crippen LogP contribution in [-0.4, -0.2) is 23.5 Å². The minimum atomic E-state index is -0.515. The zero-order valence-electron chi connectivity index (χ0n) is 9.64. The van der Waals surface area contributed by atoms with Crippen LogP contribution in [0, 0.1) is 11.7 Å². The van der Waals surface area contributed by atoms with E-state index in [1.807, 2.05) is 0 Å². The monoisotopic (exact) mass is 295 g/mol. The summed E-state index contributed by atoms with van der Waals surface area (Å²) < 4.78 is 12.8. The average Bonchev–Trinajstić information content (AvgIpc) is 3.09. The maximum absolute atomic E-state index is 12.8. The molecule has 3 N–H and O–H groups in total. The molecule has 2 rings (SSSR count). The summed E-state index contributed by atoms with van der Waals surface area (Å²) in [5.74, 6) is -0.312. The summed E-state index contributed by atoms with van der Waals surface area (Å²) >= 11 is 0. The van der Waals surface area contributed by atoms with Crippen LogP contribution in [-0.2, 0) is 0 Å². The Labute approximate surface area is 117 Å². The minimum absolute atomic E-state index is 0. The lowest BCUT2D eigenvalue weighted by molar-refractivity contribution is 0.0949. The second-order valence-electron chi connectivity index (χ2n) is 4.10. The Bertz CT molecular complexity index is 402. The molecule has 1 saturated carbocycles. The van der Waals surface area contributed by atoms with Crippen LogP contribution in [0.5, 0.6) is 0 Å². The number of pyridine rings is 1. The summed E-state index contributed by atoms with van der Waals surface area (Å²) in [4.78, 5) is 15.2. The highest BCUT2D eigenvalue weighted by atomic mass is 35.5. The average molecular weight is 296 g/mol. The molecule has 1 heterocycles. The highest BCUT2D eigenvalue weighted by Crippen LogP contribution is 2.31. The third-order valence-corrected chi connectivity index (χ3v) is 2.69. The molecule has 4 nitrogen and oxygen atoms in total. The van der Waals surface area contributed by atoms with Crippen molar-refractivity contribution in [1.29, 1.82) is 0 Å². The molecule has 1 aliphatic carbocycles. The molecule has 1 atom stereocenters. The van der Waals surface area contributed by atoms with Crippen LogP contribution in [0.25, 0.3) is 0 Å². The summed E-state index contributed by atoms with van der Waals surface area (Å²) in [6.07, 6.45) is 4.67. The van der Waals surface area contributed by atoms with E-state index in [1.54, 1.807) is 0 Å². The zero-order chi connectivity index (χ0) is 11.5. The van der Waals surface area contributed by atoms with Gasteiger partial charge in [0, 0.05) is 18.8 Å². The lowest BCUT2D eigenvalue weighted by Crippen LogP contribution is -2.38. The van der Waals surface area contributed by atoms with E-state index in [1.165, 1.54) is 6.20 Å². The van der Waals surface area contributed by atoms with Crippen molar-refractivity contribution in [2.24, 2.45) is 11.7 Å². The standard InChI is InChI=1S/C11H14FN3O.2ClH/c12-9-3-8(4-14-5-9)11(16)15-6-10(13)7-1-2-7;;/h3-5,7,10H,1-2,6,13H2,(H,15,16);2*1H. The summed E-state index contributed by atoms with van der Waals surface area (Å²) in [6.45, 7) is 0.431. The molecule has 1 aliphatic rings. The molecule has 0 aromatic carbocycles. The van der Waals surface area contributed by atoms with E-state index in [0.717, 1.165) is 25.1 Å². The van der Waals surface area contributed by atoms with Crippen LogP contribution in [0.15, 0.2) is 18.5 Å². The smallest absolute Gasteiger partial charge is 0.253 e. The van der Waals surface area contributed by atoms with Crippen molar-refractivity contribution in [2.75, 3.05) is 6.54 Å². The van der Waals surface area contributed by atoms with Crippen LogP contribution in [0.1, 0.15) is 23.2 Å². The van der Waals surface area contributed by atoms with Crippen LogP contribution < -0.4 is 11.1 Å². The second-order valence-corrected chi connectivity index (χ2v) is 4.10. The number of rotatable bonds is 4. The van der Waals surface area contributed by atoms with Crippen molar-refractivity contribution < 1.29 is 9.18 Å².